The predicted octanol–water partition coefficient (Wildman–Crippen LogP) is 0.582. The Morgan fingerprint density at radius 3 is 2.62 bits per heavy atom. The van der Waals surface area contributed by atoms with Crippen molar-refractivity contribution in [1.82, 2.24) is 24.7 Å². The van der Waals surface area contributed by atoms with Gasteiger partial charge in [-0.15, -0.1) is 10.2 Å². The normalized spacial score (nSPS) is 11.3. The van der Waals surface area contributed by atoms with Crippen LogP contribution in [0.4, 0.5) is 0 Å². The van der Waals surface area contributed by atoms with Gasteiger partial charge in [-0.1, -0.05) is 36.4 Å². The smallest absolute Gasteiger partial charge is 0.288 e. The van der Waals surface area contributed by atoms with Gasteiger partial charge in [0.1, 0.15) is 0 Å². The molecule has 0 saturated carbocycles. The first-order chi connectivity index (χ1) is 10.1. The zero-order valence-corrected chi connectivity index (χ0v) is 11.1. The van der Waals surface area contributed by atoms with Gasteiger partial charge in [-0.2, -0.15) is 0 Å². The molecule has 0 amide bonds. The second-order valence-electron chi connectivity index (χ2n) is 4.41. The molecular formula is C14H11N5O2. The largest absolute Gasteiger partial charge is 0.329 e. The average Bonchev–Trinajstić information content (AvgIpc) is 2.52. The predicted molar refractivity (Wildman–Crippen MR) is 78.6 cm³/mol. The van der Waals surface area contributed by atoms with E-state index in [9.17, 15) is 9.59 Å². The molecule has 0 radical (unpaired) electrons. The molecular weight excluding hydrogens is 270 g/mol. The summed E-state index contributed by atoms with van der Waals surface area (Å²) in [7, 11) is 1.38. The van der Waals surface area contributed by atoms with Gasteiger partial charge in [0, 0.05) is 7.05 Å². The number of H-pyrrole nitrogens is 1. The Balaban J connectivity index is 2.08. The highest BCUT2D eigenvalue weighted by atomic mass is 16.2. The molecule has 3 aromatic rings. The summed E-state index contributed by atoms with van der Waals surface area (Å²) in [5.41, 5.74) is 0.101. The third-order valence-corrected chi connectivity index (χ3v) is 2.96. The lowest BCUT2D eigenvalue weighted by molar-refractivity contribution is 0.780. The summed E-state index contributed by atoms with van der Waals surface area (Å²) in [6, 6.07) is 9.62. The number of fused-ring (bicyclic) bond motifs is 1. The standard InChI is InChI=1S/C14H11N5O2/c1-19-13(20)11-12(16-14(19)21)18-17-10(15-11)8-7-9-5-3-2-4-6-9/h2-8H,1H3,(H,16,18,21). The molecule has 3 rings (SSSR count). The maximum absolute atomic E-state index is 12.0. The number of hydrogen-bond donors (Lipinski definition) is 1. The monoisotopic (exact) mass is 281 g/mol. The molecule has 0 aliphatic rings. The van der Waals surface area contributed by atoms with Gasteiger partial charge in [0.15, 0.2) is 17.0 Å². The molecule has 0 aliphatic heterocycles. The van der Waals surface area contributed by atoms with E-state index in [0.29, 0.717) is 5.82 Å². The Hall–Kier alpha value is -3.09. The van der Waals surface area contributed by atoms with E-state index in [2.05, 4.69) is 20.2 Å². The first kappa shape index (κ1) is 12.9. The summed E-state index contributed by atoms with van der Waals surface area (Å²) in [5, 5.41) is 7.69. The van der Waals surface area contributed by atoms with Crippen LogP contribution < -0.4 is 11.2 Å². The molecule has 7 nitrogen and oxygen atoms in total. The van der Waals surface area contributed by atoms with E-state index >= 15 is 0 Å². The van der Waals surface area contributed by atoms with E-state index in [4.69, 9.17) is 0 Å². The molecule has 0 atom stereocenters. The van der Waals surface area contributed by atoms with Gasteiger partial charge in [0.25, 0.3) is 5.56 Å². The summed E-state index contributed by atoms with van der Waals surface area (Å²) in [6.45, 7) is 0. The van der Waals surface area contributed by atoms with E-state index < -0.39 is 11.2 Å². The van der Waals surface area contributed by atoms with Crippen LogP contribution in [0.15, 0.2) is 39.9 Å². The Labute approximate surface area is 118 Å². The number of rotatable bonds is 2. The van der Waals surface area contributed by atoms with Crippen LogP contribution in [0.3, 0.4) is 0 Å². The summed E-state index contributed by atoms with van der Waals surface area (Å²) in [6.07, 6.45) is 3.48. The summed E-state index contributed by atoms with van der Waals surface area (Å²) in [4.78, 5) is 30.0. The number of hydrogen-bond acceptors (Lipinski definition) is 5. The Kier molecular flexibility index (Phi) is 3.15. The lowest BCUT2D eigenvalue weighted by atomic mass is 10.2. The third kappa shape index (κ3) is 2.48. The molecule has 1 aromatic carbocycles. The number of nitrogens with one attached hydrogen (secondary N) is 1. The van der Waals surface area contributed by atoms with Gasteiger partial charge in [-0.05, 0) is 11.6 Å². The second kappa shape index (κ2) is 5.12. The minimum absolute atomic E-state index is 0.0832. The first-order valence-electron chi connectivity index (χ1n) is 6.22. The molecule has 2 heterocycles. The van der Waals surface area contributed by atoms with Crippen LogP contribution in [0.1, 0.15) is 11.4 Å². The van der Waals surface area contributed by atoms with Crippen LogP contribution >= 0.6 is 0 Å². The summed E-state index contributed by atoms with van der Waals surface area (Å²) < 4.78 is 0.946. The van der Waals surface area contributed by atoms with Crippen LogP contribution in [0.5, 0.6) is 0 Å². The minimum atomic E-state index is -0.545. The van der Waals surface area contributed by atoms with Crippen molar-refractivity contribution in [3.8, 4) is 0 Å². The number of aromatic amines is 1. The average molecular weight is 281 g/mol. The van der Waals surface area contributed by atoms with Gasteiger partial charge in [-0.3, -0.25) is 14.3 Å². The van der Waals surface area contributed by atoms with Crippen molar-refractivity contribution < 1.29 is 0 Å². The van der Waals surface area contributed by atoms with E-state index in [1.165, 1.54) is 7.05 Å². The van der Waals surface area contributed by atoms with Crippen molar-refractivity contribution in [2.24, 2.45) is 7.05 Å². The fraction of sp³-hybridized carbons (Fsp3) is 0.0714. The number of aromatic nitrogens is 5. The molecule has 0 bridgehead atoms. The van der Waals surface area contributed by atoms with E-state index in [-0.39, 0.29) is 11.2 Å². The van der Waals surface area contributed by atoms with Crippen molar-refractivity contribution in [1.29, 1.82) is 0 Å². The van der Waals surface area contributed by atoms with Crippen LogP contribution in [-0.2, 0) is 7.05 Å². The van der Waals surface area contributed by atoms with Gasteiger partial charge < -0.3 is 0 Å². The second-order valence-corrected chi connectivity index (χ2v) is 4.41. The lowest BCUT2D eigenvalue weighted by Gasteiger charge is -1.99. The van der Waals surface area contributed by atoms with E-state index in [0.717, 1.165) is 10.1 Å². The van der Waals surface area contributed by atoms with Gasteiger partial charge >= 0.3 is 5.69 Å². The maximum Gasteiger partial charge on any atom is 0.329 e. The van der Waals surface area contributed by atoms with Crippen molar-refractivity contribution in [2.75, 3.05) is 0 Å². The first-order valence-corrected chi connectivity index (χ1v) is 6.22. The Bertz CT molecular complexity index is 941. The topological polar surface area (TPSA) is 93.5 Å². The molecule has 0 unspecified atom stereocenters. The zero-order chi connectivity index (χ0) is 14.8. The van der Waals surface area contributed by atoms with E-state index in [1.807, 2.05) is 36.4 Å². The molecule has 104 valence electrons. The molecule has 21 heavy (non-hydrogen) atoms. The lowest BCUT2D eigenvalue weighted by Crippen LogP contribution is -2.33. The van der Waals surface area contributed by atoms with Gasteiger partial charge in [-0.25, -0.2) is 9.78 Å². The van der Waals surface area contributed by atoms with Crippen molar-refractivity contribution in [3.63, 3.8) is 0 Å². The third-order valence-electron chi connectivity index (χ3n) is 2.96. The Morgan fingerprint density at radius 1 is 1.10 bits per heavy atom. The fourth-order valence-electron chi connectivity index (χ4n) is 1.81. The zero-order valence-electron chi connectivity index (χ0n) is 11.1. The molecule has 0 aliphatic carbocycles. The minimum Gasteiger partial charge on any atom is -0.288 e. The van der Waals surface area contributed by atoms with Crippen LogP contribution in [-0.4, -0.2) is 24.7 Å². The number of benzene rings is 1. The van der Waals surface area contributed by atoms with Crippen molar-refractivity contribution in [3.05, 3.63) is 62.6 Å². The molecule has 7 heteroatoms. The molecule has 1 N–H and O–H groups in total. The highest BCUT2D eigenvalue weighted by molar-refractivity contribution is 5.71. The van der Waals surface area contributed by atoms with E-state index in [1.54, 1.807) is 6.08 Å². The van der Waals surface area contributed by atoms with Crippen molar-refractivity contribution in [2.45, 2.75) is 0 Å². The molecule has 0 spiro atoms. The molecule has 0 fully saturated rings. The SMILES string of the molecule is Cn1c(=O)[nH]c2nnc(C=Cc3ccccc3)nc2c1=O. The highest BCUT2D eigenvalue weighted by Crippen LogP contribution is 2.05. The summed E-state index contributed by atoms with van der Waals surface area (Å²) >= 11 is 0. The quantitative estimate of drug-likeness (QED) is 0.741. The molecule has 2 aromatic heterocycles. The number of nitrogens with zero attached hydrogens (tertiary/aromatic N) is 4. The van der Waals surface area contributed by atoms with Gasteiger partial charge in [0.05, 0.1) is 0 Å². The van der Waals surface area contributed by atoms with Crippen LogP contribution in [0, 0.1) is 0 Å². The Morgan fingerprint density at radius 2 is 1.86 bits per heavy atom. The fourth-order valence-corrected chi connectivity index (χ4v) is 1.81. The van der Waals surface area contributed by atoms with Crippen molar-refractivity contribution >= 4 is 23.3 Å². The highest BCUT2D eigenvalue weighted by Gasteiger charge is 2.08. The van der Waals surface area contributed by atoms with Crippen LogP contribution in [0.25, 0.3) is 23.3 Å². The van der Waals surface area contributed by atoms with Gasteiger partial charge in [0.2, 0.25) is 0 Å². The van der Waals surface area contributed by atoms with Crippen LogP contribution in [0.2, 0.25) is 0 Å². The summed E-state index contributed by atoms with van der Waals surface area (Å²) in [5.74, 6) is 0.301. The maximum atomic E-state index is 12.0. The molecule has 0 saturated heterocycles.